The van der Waals surface area contributed by atoms with Crippen molar-refractivity contribution in [2.45, 2.75) is 64.8 Å². The number of H-pyrrole nitrogens is 1. The molecule has 0 unspecified atom stereocenters. The van der Waals surface area contributed by atoms with Crippen LogP contribution in [-0.2, 0) is 13.0 Å². The van der Waals surface area contributed by atoms with E-state index in [0.29, 0.717) is 12.4 Å². The summed E-state index contributed by atoms with van der Waals surface area (Å²) in [4.78, 5) is 4.88. The van der Waals surface area contributed by atoms with E-state index in [0.717, 1.165) is 47.1 Å². The van der Waals surface area contributed by atoms with Crippen molar-refractivity contribution >= 4 is 6.08 Å². The minimum Gasteiger partial charge on any atom is -0.242 e. The fourth-order valence-corrected chi connectivity index (χ4v) is 4.95. The molecule has 7 nitrogen and oxygen atoms in total. The third-order valence-corrected chi connectivity index (χ3v) is 6.86. The lowest BCUT2D eigenvalue weighted by atomic mass is 9.86. The van der Waals surface area contributed by atoms with Gasteiger partial charge < -0.3 is 0 Å². The van der Waals surface area contributed by atoms with Crippen LogP contribution in [-0.4, -0.2) is 35.4 Å². The second kappa shape index (κ2) is 11.2. The van der Waals surface area contributed by atoms with Crippen molar-refractivity contribution in [3.05, 3.63) is 71.8 Å². The van der Waals surface area contributed by atoms with Gasteiger partial charge in [-0.1, -0.05) is 93.6 Å². The molecule has 0 amide bonds. The van der Waals surface area contributed by atoms with E-state index in [1.807, 2.05) is 22.9 Å². The Kier molecular flexibility index (Phi) is 7.41. The van der Waals surface area contributed by atoms with Gasteiger partial charge >= 0.3 is 0 Å². The molecule has 7 heteroatoms. The first-order valence-electron chi connectivity index (χ1n) is 12.8. The van der Waals surface area contributed by atoms with E-state index in [1.54, 1.807) is 0 Å². The number of allylic oxidation sites excluding steroid dienone is 1. The molecule has 1 aliphatic carbocycles. The standard InChI is InChI=1S/C28H33N7/c1-2-3-13-27-29-26(19-16-21-9-5-4-6-10-21)32-35(27)20-22-14-17-23(18-15-22)24-11-7-8-12-25(24)28-30-33-34-31-28/h3,7-8,11-15,17-18,21H,2,4-6,9-10,16,19-20H2,1H3,(H,30,31,33,34)/b13-3+. The average molecular weight is 468 g/mol. The third-order valence-electron chi connectivity index (χ3n) is 6.86. The average Bonchev–Trinajstić information content (AvgIpc) is 3.58. The SMILES string of the molecule is CC/C=C/c1nc(CCC2CCCCC2)nn1Cc1ccc(-c2ccccc2-c2nn[nH]n2)cc1. The zero-order valence-corrected chi connectivity index (χ0v) is 20.4. The number of rotatable bonds is 9. The van der Waals surface area contributed by atoms with Crippen LogP contribution in [0.25, 0.3) is 28.6 Å². The summed E-state index contributed by atoms with van der Waals surface area (Å²) < 4.78 is 2.05. The smallest absolute Gasteiger partial charge is 0.205 e. The molecule has 1 aliphatic rings. The summed E-state index contributed by atoms with van der Waals surface area (Å²) in [5.41, 5.74) is 4.35. The van der Waals surface area contributed by atoms with E-state index in [-0.39, 0.29) is 0 Å². The predicted molar refractivity (Wildman–Crippen MR) is 138 cm³/mol. The van der Waals surface area contributed by atoms with Gasteiger partial charge in [-0.15, -0.1) is 10.2 Å². The Bertz CT molecular complexity index is 1230. The van der Waals surface area contributed by atoms with Gasteiger partial charge in [0.2, 0.25) is 5.82 Å². The number of hydrogen-bond acceptors (Lipinski definition) is 5. The van der Waals surface area contributed by atoms with Gasteiger partial charge in [0.25, 0.3) is 0 Å². The van der Waals surface area contributed by atoms with E-state index >= 15 is 0 Å². The molecule has 180 valence electrons. The van der Waals surface area contributed by atoms with Crippen LogP contribution in [0.3, 0.4) is 0 Å². The molecular weight excluding hydrogens is 434 g/mol. The van der Waals surface area contributed by atoms with Gasteiger partial charge in [-0.2, -0.15) is 10.3 Å². The summed E-state index contributed by atoms with van der Waals surface area (Å²) in [7, 11) is 0. The number of nitrogens with one attached hydrogen (secondary N) is 1. The first-order valence-corrected chi connectivity index (χ1v) is 12.8. The van der Waals surface area contributed by atoms with Crippen molar-refractivity contribution in [2.75, 3.05) is 0 Å². The fraction of sp³-hybridized carbons (Fsp3) is 0.393. The molecule has 0 radical (unpaired) electrons. The van der Waals surface area contributed by atoms with Crippen LogP contribution in [0.5, 0.6) is 0 Å². The topological polar surface area (TPSA) is 85.2 Å². The number of nitrogens with zero attached hydrogens (tertiary/aromatic N) is 6. The Balaban J connectivity index is 1.32. The van der Waals surface area contributed by atoms with Crippen LogP contribution in [0.4, 0.5) is 0 Å². The molecule has 0 bridgehead atoms. The number of aromatic amines is 1. The summed E-state index contributed by atoms with van der Waals surface area (Å²) in [6, 6.07) is 16.8. The lowest BCUT2D eigenvalue weighted by molar-refractivity contribution is 0.337. The number of aromatic nitrogens is 7. The number of hydrogen-bond donors (Lipinski definition) is 1. The van der Waals surface area contributed by atoms with Gasteiger partial charge in [-0.05, 0) is 46.7 Å². The van der Waals surface area contributed by atoms with E-state index in [9.17, 15) is 0 Å². The van der Waals surface area contributed by atoms with Crippen LogP contribution < -0.4 is 0 Å². The highest BCUT2D eigenvalue weighted by Gasteiger charge is 2.16. The number of benzene rings is 2. The molecule has 1 saturated carbocycles. The maximum Gasteiger partial charge on any atom is 0.205 e. The van der Waals surface area contributed by atoms with Gasteiger partial charge in [-0.25, -0.2) is 9.67 Å². The van der Waals surface area contributed by atoms with E-state index in [4.69, 9.17) is 10.1 Å². The summed E-state index contributed by atoms with van der Waals surface area (Å²) in [5.74, 6) is 3.35. The highest BCUT2D eigenvalue weighted by molar-refractivity contribution is 5.80. The summed E-state index contributed by atoms with van der Waals surface area (Å²) >= 11 is 0. The maximum atomic E-state index is 4.90. The highest BCUT2D eigenvalue weighted by atomic mass is 15.5. The second-order valence-corrected chi connectivity index (χ2v) is 9.38. The van der Waals surface area contributed by atoms with Gasteiger partial charge in [0, 0.05) is 12.0 Å². The molecule has 4 aromatic rings. The quantitative estimate of drug-likeness (QED) is 0.321. The molecule has 1 N–H and O–H groups in total. The summed E-state index contributed by atoms with van der Waals surface area (Å²) in [5, 5.41) is 19.5. The molecule has 2 heterocycles. The van der Waals surface area contributed by atoms with Gasteiger partial charge in [0.05, 0.1) is 6.54 Å². The number of aryl methyl sites for hydroxylation is 1. The normalized spacial score (nSPS) is 14.7. The van der Waals surface area contributed by atoms with E-state index < -0.39 is 0 Å². The summed E-state index contributed by atoms with van der Waals surface area (Å²) in [6.07, 6.45) is 14.3. The Hall–Kier alpha value is -3.61. The van der Waals surface area contributed by atoms with Crippen LogP contribution in [0, 0.1) is 5.92 Å². The molecule has 5 rings (SSSR count). The van der Waals surface area contributed by atoms with E-state index in [2.05, 4.69) is 70.0 Å². The van der Waals surface area contributed by atoms with Crippen molar-refractivity contribution < 1.29 is 0 Å². The van der Waals surface area contributed by atoms with Gasteiger partial charge in [0.15, 0.2) is 11.6 Å². The first kappa shape index (κ1) is 23.1. The molecule has 0 spiro atoms. The minimum absolute atomic E-state index is 0.598. The second-order valence-electron chi connectivity index (χ2n) is 9.38. The minimum atomic E-state index is 0.598. The van der Waals surface area contributed by atoms with Gasteiger partial charge in [0.1, 0.15) is 0 Å². The monoisotopic (exact) mass is 467 g/mol. The molecule has 0 saturated heterocycles. The molecule has 1 fully saturated rings. The molecule has 0 aliphatic heterocycles. The lowest BCUT2D eigenvalue weighted by Crippen LogP contribution is -2.08. The van der Waals surface area contributed by atoms with Crippen molar-refractivity contribution in [3.63, 3.8) is 0 Å². The van der Waals surface area contributed by atoms with Gasteiger partial charge in [-0.3, -0.25) is 0 Å². The third kappa shape index (κ3) is 5.73. The Labute approximate surface area is 206 Å². The Morgan fingerprint density at radius 1 is 1.00 bits per heavy atom. The first-order chi connectivity index (χ1) is 17.3. The van der Waals surface area contributed by atoms with Crippen molar-refractivity contribution in [2.24, 2.45) is 5.92 Å². The van der Waals surface area contributed by atoms with E-state index in [1.165, 1.54) is 44.1 Å². The molecule has 35 heavy (non-hydrogen) atoms. The zero-order valence-electron chi connectivity index (χ0n) is 20.4. The fourth-order valence-electron chi connectivity index (χ4n) is 4.95. The predicted octanol–water partition coefficient (Wildman–Crippen LogP) is 6.11. The van der Waals surface area contributed by atoms with Crippen molar-refractivity contribution in [3.8, 4) is 22.5 Å². The Morgan fingerprint density at radius 2 is 1.80 bits per heavy atom. The highest BCUT2D eigenvalue weighted by Crippen LogP contribution is 2.30. The number of tetrazole rings is 1. The zero-order chi connectivity index (χ0) is 23.9. The summed E-state index contributed by atoms with van der Waals surface area (Å²) in [6.45, 7) is 2.85. The molecule has 2 aromatic carbocycles. The van der Waals surface area contributed by atoms with Crippen molar-refractivity contribution in [1.82, 2.24) is 35.4 Å². The Morgan fingerprint density at radius 3 is 2.54 bits per heavy atom. The molecular formula is C28H33N7. The van der Waals surface area contributed by atoms with Crippen LogP contribution in [0.15, 0.2) is 54.6 Å². The largest absolute Gasteiger partial charge is 0.242 e. The van der Waals surface area contributed by atoms with Crippen molar-refractivity contribution in [1.29, 1.82) is 0 Å². The maximum absolute atomic E-state index is 4.90. The lowest BCUT2D eigenvalue weighted by Gasteiger charge is -2.20. The molecule has 0 atom stereocenters. The van der Waals surface area contributed by atoms with Crippen LogP contribution in [0.1, 0.15) is 69.1 Å². The van der Waals surface area contributed by atoms with Crippen LogP contribution in [0.2, 0.25) is 0 Å². The molecule has 2 aromatic heterocycles. The van der Waals surface area contributed by atoms with Crippen LogP contribution >= 0.6 is 0 Å².